The topological polar surface area (TPSA) is 71.5 Å². The lowest BCUT2D eigenvalue weighted by atomic mass is 9.84. The van der Waals surface area contributed by atoms with E-state index in [1.807, 2.05) is 48.2 Å². The zero-order chi connectivity index (χ0) is 27.0. The maximum atomic E-state index is 13.8. The lowest BCUT2D eigenvalue weighted by molar-refractivity contribution is -0.149. The second-order valence-electron chi connectivity index (χ2n) is 10.0. The first-order valence-corrected chi connectivity index (χ1v) is 14.6. The SMILES string of the molecule is CCOC(=O)C1CCC(N(CCC(c2ccccc2)c2ccccc2)C(=O)Nc2nc3ccccc3s2)CC1. The van der Waals surface area contributed by atoms with Crippen LogP contribution in [0.4, 0.5) is 9.93 Å². The van der Waals surface area contributed by atoms with E-state index in [0.717, 1.165) is 42.3 Å². The Kier molecular flexibility index (Phi) is 8.89. The van der Waals surface area contributed by atoms with E-state index in [4.69, 9.17) is 4.74 Å². The van der Waals surface area contributed by atoms with Gasteiger partial charge >= 0.3 is 12.0 Å². The number of benzene rings is 3. The summed E-state index contributed by atoms with van der Waals surface area (Å²) in [4.78, 5) is 32.7. The van der Waals surface area contributed by atoms with Crippen LogP contribution in [-0.2, 0) is 9.53 Å². The third kappa shape index (κ3) is 6.66. The number of ether oxygens (including phenoxy) is 1. The highest BCUT2D eigenvalue weighted by molar-refractivity contribution is 7.22. The fourth-order valence-corrected chi connectivity index (χ4v) is 6.44. The normalized spacial score (nSPS) is 17.2. The molecule has 0 atom stereocenters. The van der Waals surface area contributed by atoms with Gasteiger partial charge in [0, 0.05) is 18.5 Å². The Bertz CT molecular complexity index is 1290. The van der Waals surface area contributed by atoms with E-state index in [0.29, 0.717) is 18.3 Å². The third-order valence-corrected chi connectivity index (χ3v) is 8.54. The van der Waals surface area contributed by atoms with Gasteiger partial charge in [0.1, 0.15) is 0 Å². The molecule has 0 saturated heterocycles. The molecule has 3 aromatic carbocycles. The summed E-state index contributed by atoms with van der Waals surface area (Å²) < 4.78 is 6.31. The van der Waals surface area contributed by atoms with Crippen LogP contribution in [0.3, 0.4) is 0 Å². The highest BCUT2D eigenvalue weighted by Crippen LogP contribution is 2.33. The molecule has 39 heavy (non-hydrogen) atoms. The van der Waals surface area contributed by atoms with Gasteiger partial charge < -0.3 is 9.64 Å². The van der Waals surface area contributed by atoms with Gasteiger partial charge in [-0.3, -0.25) is 10.1 Å². The number of hydrogen-bond acceptors (Lipinski definition) is 5. The summed E-state index contributed by atoms with van der Waals surface area (Å²) >= 11 is 1.49. The number of esters is 1. The van der Waals surface area contributed by atoms with Gasteiger partial charge in [-0.25, -0.2) is 9.78 Å². The number of amides is 2. The number of anilines is 1. The van der Waals surface area contributed by atoms with E-state index < -0.39 is 0 Å². The summed E-state index contributed by atoms with van der Waals surface area (Å²) in [7, 11) is 0. The van der Waals surface area contributed by atoms with Crippen molar-refractivity contribution in [3.63, 3.8) is 0 Å². The number of nitrogens with zero attached hydrogens (tertiary/aromatic N) is 2. The van der Waals surface area contributed by atoms with Crippen molar-refractivity contribution in [3.05, 3.63) is 96.1 Å². The van der Waals surface area contributed by atoms with Crippen LogP contribution in [0.25, 0.3) is 10.2 Å². The first-order valence-electron chi connectivity index (χ1n) is 13.8. The van der Waals surface area contributed by atoms with Crippen LogP contribution >= 0.6 is 11.3 Å². The summed E-state index contributed by atoms with van der Waals surface area (Å²) in [5.41, 5.74) is 3.36. The van der Waals surface area contributed by atoms with Gasteiger partial charge in [-0.15, -0.1) is 0 Å². The summed E-state index contributed by atoms with van der Waals surface area (Å²) in [6.45, 7) is 2.84. The Morgan fingerprint density at radius 1 is 0.923 bits per heavy atom. The van der Waals surface area contributed by atoms with Crippen LogP contribution in [0.5, 0.6) is 0 Å². The number of carbonyl (C=O) groups excluding carboxylic acids is 2. The van der Waals surface area contributed by atoms with Gasteiger partial charge in [0.2, 0.25) is 0 Å². The Hall–Kier alpha value is -3.71. The number of nitrogens with one attached hydrogen (secondary N) is 1. The molecule has 4 aromatic rings. The van der Waals surface area contributed by atoms with E-state index in [9.17, 15) is 9.59 Å². The van der Waals surface area contributed by atoms with Gasteiger partial charge in [0.15, 0.2) is 5.13 Å². The summed E-state index contributed by atoms with van der Waals surface area (Å²) in [6, 6.07) is 28.8. The van der Waals surface area contributed by atoms with Crippen molar-refractivity contribution in [2.45, 2.75) is 51.0 Å². The largest absolute Gasteiger partial charge is 0.466 e. The van der Waals surface area contributed by atoms with Gasteiger partial charge in [-0.05, 0) is 62.3 Å². The molecule has 1 N–H and O–H groups in total. The van der Waals surface area contributed by atoms with Gasteiger partial charge in [0.05, 0.1) is 22.7 Å². The van der Waals surface area contributed by atoms with E-state index in [1.54, 1.807) is 0 Å². The lowest BCUT2D eigenvalue weighted by Crippen LogP contribution is -2.46. The van der Waals surface area contributed by atoms with Gasteiger partial charge in [-0.2, -0.15) is 0 Å². The first-order chi connectivity index (χ1) is 19.1. The fraction of sp³-hybridized carbons (Fsp3) is 0.344. The molecule has 1 fully saturated rings. The molecule has 5 rings (SSSR count). The summed E-state index contributed by atoms with van der Waals surface area (Å²) in [5.74, 6) is -0.0348. The number of rotatable bonds is 9. The molecular weight excluding hydrogens is 506 g/mol. The molecule has 1 aromatic heterocycles. The molecule has 6 nitrogen and oxygen atoms in total. The van der Waals surface area contributed by atoms with Gasteiger partial charge in [0.25, 0.3) is 0 Å². The van der Waals surface area contributed by atoms with Crippen LogP contribution in [0.1, 0.15) is 56.1 Å². The number of urea groups is 1. The Labute approximate surface area is 234 Å². The number of fused-ring (bicyclic) bond motifs is 1. The van der Waals surface area contributed by atoms with Crippen molar-refractivity contribution in [1.29, 1.82) is 0 Å². The number of thiazole rings is 1. The summed E-state index contributed by atoms with van der Waals surface area (Å²) in [6.07, 6.45) is 3.81. The second kappa shape index (κ2) is 12.9. The number of hydrogen-bond donors (Lipinski definition) is 1. The zero-order valence-electron chi connectivity index (χ0n) is 22.3. The molecule has 0 aliphatic heterocycles. The predicted molar refractivity (Wildman–Crippen MR) is 157 cm³/mol. The maximum absolute atomic E-state index is 13.8. The van der Waals surface area contributed by atoms with Crippen LogP contribution in [-0.4, -0.2) is 41.1 Å². The molecule has 202 valence electrons. The highest BCUT2D eigenvalue weighted by atomic mass is 32.1. The minimum atomic E-state index is -0.131. The Morgan fingerprint density at radius 3 is 2.15 bits per heavy atom. The van der Waals surface area contributed by atoms with Crippen molar-refractivity contribution in [2.75, 3.05) is 18.5 Å². The first kappa shape index (κ1) is 26.9. The van der Waals surface area contributed by atoms with Crippen LogP contribution in [0.15, 0.2) is 84.9 Å². The molecule has 0 spiro atoms. The number of para-hydroxylation sites is 1. The predicted octanol–water partition coefficient (Wildman–Crippen LogP) is 7.47. The quantitative estimate of drug-likeness (QED) is 0.223. The van der Waals surface area contributed by atoms with E-state index in [1.165, 1.54) is 22.5 Å². The molecule has 0 unspecified atom stereocenters. The average molecular weight is 542 g/mol. The van der Waals surface area contributed by atoms with Crippen molar-refractivity contribution < 1.29 is 14.3 Å². The minimum Gasteiger partial charge on any atom is -0.466 e. The zero-order valence-corrected chi connectivity index (χ0v) is 23.1. The standard InChI is InChI=1S/C32H35N3O3S/c1-2-38-30(36)25-17-19-26(20-18-25)35(32(37)34-31-33-28-15-9-10-16-29(28)39-31)22-21-27(23-11-5-3-6-12-23)24-13-7-4-8-14-24/h3-16,25-27H,2,17-22H2,1H3,(H,33,34,37). The average Bonchev–Trinajstić information content (AvgIpc) is 3.39. The Morgan fingerprint density at radius 2 is 1.54 bits per heavy atom. The van der Waals surface area contributed by atoms with Gasteiger partial charge in [-0.1, -0.05) is 84.1 Å². The molecule has 7 heteroatoms. The fourth-order valence-electron chi connectivity index (χ4n) is 5.59. The van der Waals surface area contributed by atoms with Crippen molar-refractivity contribution in [1.82, 2.24) is 9.88 Å². The Balaban J connectivity index is 1.36. The number of carbonyl (C=O) groups is 2. The molecule has 1 aliphatic carbocycles. The van der Waals surface area contributed by atoms with Crippen molar-refractivity contribution >= 4 is 38.7 Å². The molecule has 1 heterocycles. The molecule has 1 aliphatic rings. The van der Waals surface area contributed by atoms with Crippen LogP contribution in [0.2, 0.25) is 0 Å². The number of aromatic nitrogens is 1. The molecule has 0 radical (unpaired) electrons. The van der Waals surface area contributed by atoms with E-state index >= 15 is 0 Å². The maximum Gasteiger partial charge on any atom is 0.323 e. The van der Waals surface area contributed by atoms with Crippen molar-refractivity contribution in [2.24, 2.45) is 5.92 Å². The summed E-state index contributed by atoms with van der Waals surface area (Å²) in [5, 5.41) is 3.69. The molecule has 1 saturated carbocycles. The monoisotopic (exact) mass is 541 g/mol. The van der Waals surface area contributed by atoms with E-state index in [-0.39, 0.29) is 29.9 Å². The van der Waals surface area contributed by atoms with Crippen LogP contribution in [0, 0.1) is 5.92 Å². The molecular formula is C32H35N3O3S. The third-order valence-electron chi connectivity index (χ3n) is 7.59. The minimum absolute atomic E-state index is 0.0530. The molecule has 0 bridgehead atoms. The lowest BCUT2D eigenvalue weighted by Gasteiger charge is -2.37. The van der Waals surface area contributed by atoms with Crippen molar-refractivity contribution in [3.8, 4) is 0 Å². The van der Waals surface area contributed by atoms with Crippen LogP contribution < -0.4 is 5.32 Å². The smallest absolute Gasteiger partial charge is 0.323 e. The molecule has 2 amide bonds. The second-order valence-corrected chi connectivity index (χ2v) is 11.1. The highest BCUT2D eigenvalue weighted by Gasteiger charge is 2.33. The van der Waals surface area contributed by atoms with E-state index in [2.05, 4.69) is 58.8 Å².